The lowest BCUT2D eigenvalue weighted by atomic mass is 10.1. The van der Waals surface area contributed by atoms with E-state index in [0.717, 1.165) is 11.4 Å². The first-order chi connectivity index (χ1) is 12.7. The molecule has 3 aromatic rings. The van der Waals surface area contributed by atoms with E-state index in [9.17, 15) is 4.79 Å². The zero-order chi connectivity index (χ0) is 17.9. The molecule has 8 nitrogen and oxygen atoms in total. The molecule has 8 heteroatoms. The number of carbonyl (C=O) groups excluding carboxylic acids is 1. The summed E-state index contributed by atoms with van der Waals surface area (Å²) in [6.07, 6.45) is 4.60. The van der Waals surface area contributed by atoms with E-state index in [4.69, 9.17) is 4.74 Å². The first kappa shape index (κ1) is 16.3. The van der Waals surface area contributed by atoms with Gasteiger partial charge in [0.05, 0.1) is 13.2 Å². The number of benzene rings is 1. The number of nitrogens with zero attached hydrogens (tertiary/aromatic N) is 6. The lowest BCUT2D eigenvalue weighted by molar-refractivity contribution is -0.0268. The van der Waals surface area contributed by atoms with Gasteiger partial charge in [-0.05, 0) is 31.2 Å². The number of hydrogen-bond donors (Lipinski definition) is 0. The van der Waals surface area contributed by atoms with Crippen LogP contribution in [0.25, 0.3) is 5.69 Å². The average molecular weight is 350 g/mol. The van der Waals surface area contributed by atoms with E-state index >= 15 is 0 Å². The Kier molecular flexibility index (Phi) is 4.40. The van der Waals surface area contributed by atoms with Gasteiger partial charge in [-0.2, -0.15) is 0 Å². The number of carbonyl (C=O) groups is 1. The van der Waals surface area contributed by atoms with E-state index < -0.39 is 0 Å². The summed E-state index contributed by atoms with van der Waals surface area (Å²) in [4.78, 5) is 23.4. The molecule has 1 aliphatic rings. The topological polar surface area (TPSA) is 86.0 Å². The molecule has 1 saturated heterocycles. The van der Waals surface area contributed by atoms with Gasteiger partial charge in [0.2, 0.25) is 0 Å². The number of aryl methyl sites for hydroxylation is 1. The second kappa shape index (κ2) is 7.01. The number of hydrogen-bond acceptors (Lipinski definition) is 6. The first-order valence-corrected chi connectivity index (χ1v) is 8.36. The van der Waals surface area contributed by atoms with E-state index in [1.54, 1.807) is 28.3 Å². The van der Waals surface area contributed by atoms with Crippen LogP contribution in [0.5, 0.6) is 0 Å². The van der Waals surface area contributed by atoms with Gasteiger partial charge in [0.15, 0.2) is 5.82 Å². The third-order valence-electron chi connectivity index (χ3n) is 4.27. The molecule has 1 fully saturated rings. The Balaban J connectivity index is 1.54. The van der Waals surface area contributed by atoms with E-state index in [-0.39, 0.29) is 12.0 Å². The summed E-state index contributed by atoms with van der Waals surface area (Å²) in [5, 5.41) is 7.60. The SMILES string of the molecule is Cc1ccnc(C2CN(C(=O)c3cccc(-n4cnnc4)c3)CCO2)n1. The number of aromatic nitrogens is 5. The number of ether oxygens (including phenoxy) is 1. The highest BCUT2D eigenvalue weighted by Crippen LogP contribution is 2.21. The monoisotopic (exact) mass is 350 g/mol. The molecule has 0 aliphatic carbocycles. The maximum atomic E-state index is 13.0. The predicted octanol–water partition coefficient (Wildman–Crippen LogP) is 1.58. The van der Waals surface area contributed by atoms with E-state index in [1.165, 1.54) is 0 Å². The summed E-state index contributed by atoms with van der Waals surface area (Å²) < 4.78 is 7.54. The van der Waals surface area contributed by atoms with Crippen molar-refractivity contribution in [1.82, 2.24) is 29.6 Å². The van der Waals surface area contributed by atoms with Crippen LogP contribution in [0.4, 0.5) is 0 Å². The molecule has 0 bridgehead atoms. The van der Waals surface area contributed by atoms with Gasteiger partial charge in [-0.15, -0.1) is 10.2 Å². The van der Waals surface area contributed by atoms with E-state index in [2.05, 4.69) is 20.2 Å². The summed E-state index contributed by atoms with van der Waals surface area (Å²) in [7, 11) is 0. The van der Waals surface area contributed by atoms with Crippen LogP contribution in [0.3, 0.4) is 0 Å². The Bertz CT molecular complexity index is 912. The third-order valence-corrected chi connectivity index (χ3v) is 4.27. The quantitative estimate of drug-likeness (QED) is 0.713. The van der Waals surface area contributed by atoms with Crippen molar-refractivity contribution in [2.45, 2.75) is 13.0 Å². The van der Waals surface area contributed by atoms with Crippen LogP contribution in [-0.4, -0.2) is 55.2 Å². The van der Waals surface area contributed by atoms with Crippen molar-refractivity contribution in [1.29, 1.82) is 0 Å². The molecule has 0 N–H and O–H groups in total. The van der Waals surface area contributed by atoms with Gasteiger partial charge in [0.1, 0.15) is 18.8 Å². The molecule has 1 aromatic carbocycles. The normalized spacial score (nSPS) is 17.3. The van der Waals surface area contributed by atoms with Crippen molar-refractivity contribution >= 4 is 5.91 Å². The molecule has 0 radical (unpaired) electrons. The molecule has 0 spiro atoms. The summed E-state index contributed by atoms with van der Waals surface area (Å²) in [5.74, 6) is 0.571. The minimum absolute atomic E-state index is 0.0409. The standard InChI is InChI=1S/C18H18N6O2/c1-13-5-6-19-17(22-13)16-10-23(7-8-26-16)18(25)14-3-2-4-15(9-14)24-11-20-21-12-24/h2-6,9,11-12,16H,7-8,10H2,1H3. The highest BCUT2D eigenvalue weighted by atomic mass is 16.5. The van der Waals surface area contributed by atoms with Crippen molar-refractivity contribution in [3.8, 4) is 5.69 Å². The molecule has 1 aliphatic heterocycles. The first-order valence-electron chi connectivity index (χ1n) is 8.36. The van der Waals surface area contributed by atoms with Gasteiger partial charge >= 0.3 is 0 Å². The van der Waals surface area contributed by atoms with Crippen LogP contribution in [0.2, 0.25) is 0 Å². The number of morpholine rings is 1. The Labute approximate surface area is 150 Å². The van der Waals surface area contributed by atoms with Gasteiger partial charge in [0, 0.05) is 29.7 Å². The van der Waals surface area contributed by atoms with Gasteiger partial charge < -0.3 is 9.64 Å². The fraction of sp³-hybridized carbons (Fsp3) is 0.278. The molecule has 132 valence electrons. The van der Waals surface area contributed by atoms with Crippen LogP contribution in [0, 0.1) is 6.92 Å². The molecular formula is C18H18N6O2. The Morgan fingerprint density at radius 1 is 1.23 bits per heavy atom. The van der Waals surface area contributed by atoms with Crippen LogP contribution >= 0.6 is 0 Å². The van der Waals surface area contributed by atoms with Crippen molar-refractivity contribution in [3.05, 3.63) is 66.3 Å². The van der Waals surface area contributed by atoms with E-state index in [1.807, 2.05) is 37.3 Å². The third kappa shape index (κ3) is 3.31. The van der Waals surface area contributed by atoms with Crippen molar-refractivity contribution in [2.24, 2.45) is 0 Å². The zero-order valence-electron chi connectivity index (χ0n) is 14.3. The fourth-order valence-corrected chi connectivity index (χ4v) is 2.93. The molecule has 26 heavy (non-hydrogen) atoms. The van der Waals surface area contributed by atoms with Gasteiger partial charge in [0.25, 0.3) is 5.91 Å². The molecule has 1 unspecified atom stereocenters. The molecule has 4 rings (SSSR count). The Morgan fingerprint density at radius 2 is 2.08 bits per heavy atom. The largest absolute Gasteiger partial charge is 0.367 e. The predicted molar refractivity (Wildman–Crippen MR) is 92.7 cm³/mol. The smallest absolute Gasteiger partial charge is 0.254 e. The van der Waals surface area contributed by atoms with Crippen molar-refractivity contribution < 1.29 is 9.53 Å². The molecule has 0 saturated carbocycles. The Morgan fingerprint density at radius 3 is 2.88 bits per heavy atom. The Hall–Kier alpha value is -3.13. The van der Waals surface area contributed by atoms with Crippen LogP contribution < -0.4 is 0 Å². The summed E-state index contributed by atoms with van der Waals surface area (Å²) in [6.45, 7) is 3.34. The lowest BCUT2D eigenvalue weighted by Crippen LogP contribution is -2.42. The van der Waals surface area contributed by atoms with Crippen molar-refractivity contribution in [3.63, 3.8) is 0 Å². The number of rotatable bonds is 3. The summed E-state index contributed by atoms with van der Waals surface area (Å²) >= 11 is 0. The summed E-state index contributed by atoms with van der Waals surface area (Å²) in [5.41, 5.74) is 2.33. The molecule has 2 aromatic heterocycles. The highest BCUT2D eigenvalue weighted by molar-refractivity contribution is 5.94. The summed E-state index contributed by atoms with van der Waals surface area (Å²) in [6, 6.07) is 9.24. The van der Waals surface area contributed by atoms with E-state index in [0.29, 0.717) is 31.1 Å². The van der Waals surface area contributed by atoms with Crippen molar-refractivity contribution in [2.75, 3.05) is 19.7 Å². The van der Waals surface area contributed by atoms with Gasteiger partial charge in [-0.3, -0.25) is 9.36 Å². The van der Waals surface area contributed by atoms with Crippen LogP contribution in [0.15, 0.2) is 49.2 Å². The zero-order valence-corrected chi connectivity index (χ0v) is 14.3. The number of amides is 1. The lowest BCUT2D eigenvalue weighted by Gasteiger charge is -2.32. The maximum Gasteiger partial charge on any atom is 0.254 e. The maximum absolute atomic E-state index is 13.0. The van der Waals surface area contributed by atoms with Gasteiger partial charge in [-0.25, -0.2) is 9.97 Å². The molecule has 1 atom stereocenters. The molecule has 3 heterocycles. The second-order valence-electron chi connectivity index (χ2n) is 6.09. The highest BCUT2D eigenvalue weighted by Gasteiger charge is 2.28. The second-order valence-corrected chi connectivity index (χ2v) is 6.09. The van der Waals surface area contributed by atoms with Crippen LogP contribution in [0.1, 0.15) is 28.0 Å². The minimum Gasteiger partial charge on any atom is -0.367 e. The van der Waals surface area contributed by atoms with Gasteiger partial charge in [-0.1, -0.05) is 6.07 Å². The molecule has 1 amide bonds. The molecular weight excluding hydrogens is 332 g/mol. The fourth-order valence-electron chi connectivity index (χ4n) is 2.93. The average Bonchev–Trinajstić information content (AvgIpc) is 3.22. The van der Waals surface area contributed by atoms with Crippen LogP contribution in [-0.2, 0) is 4.74 Å². The minimum atomic E-state index is -0.311.